The molecule has 6 nitrogen and oxygen atoms in total. The maximum Gasteiger partial charge on any atom is 0.215 e. The third-order valence-corrected chi connectivity index (χ3v) is 4.74. The van der Waals surface area contributed by atoms with Crippen molar-refractivity contribution in [2.24, 2.45) is 0 Å². The van der Waals surface area contributed by atoms with Gasteiger partial charge in [-0.2, -0.15) is 0 Å². The number of hydrogen-bond donors (Lipinski definition) is 1. The van der Waals surface area contributed by atoms with Gasteiger partial charge < -0.3 is 14.2 Å². The minimum Gasteiger partial charge on any atom is -0.456 e. The van der Waals surface area contributed by atoms with E-state index in [-0.39, 0.29) is 0 Å². The van der Waals surface area contributed by atoms with E-state index in [1.54, 1.807) is 17.1 Å². The molecule has 2 aromatic carbocycles. The first kappa shape index (κ1) is 17.2. The summed E-state index contributed by atoms with van der Waals surface area (Å²) in [6.45, 7) is 1.41. The van der Waals surface area contributed by atoms with Gasteiger partial charge in [0, 0.05) is 5.56 Å². The number of aromatic amines is 1. The van der Waals surface area contributed by atoms with E-state index in [9.17, 15) is 0 Å². The summed E-state index contributed by atoms with van der Waals surface area (Å²) >= 11 is 11.3. The van der Waals surface area contributed by atoms with Gasteiger partial charge in [0.2, 0.25) is 10.6 Å². The second kappa shape index (κ2) is 7.20. The number of ether oxygens (including phenoxy) is 3. The highest BCUT2D eigenvalue weighted by Crippen LogP contribution is 2.35. The van der Waals surface area contributed by atoms with Gasteiger partial charge >= 0.3 is 0 Å². The molecule has 3 aromatic rings. The average Bonchev–Trinajstić information content (AvgIpc) is 3.28. The molecule has 0 amide bonds. The fourth-order valence-corrected chi connectivity index (χ4v) is 3.18. The molecular formula is C18H16ClN3O3S. The molecule has 1 aromatic heterocycles. The first-order chi connectivity index (χ1) is 12.7. The summed E-state index contributed by atoms with van der Waals surface area (Å²) in [5.41, 5.74) is 0.873. The molecule has 1 N–H and O–H groups in total. The Labute approximate surface area is 160 Å². The van der Waals surface area contributed by atoms with Crippen LogP contribution in [0.1, 0.15) is 5.56 Å². The normalized spacial score (nSPS) is 15.9. The van der Waals surface area contributed by atoms with E-state index in [0.29, 0.717) is 41.1 Å². The summed E-state index contributed by atoms with van der Waals surface area (Å²) in [6.07, 6.45) is 1.55. The highest BCUT2D eigenvalue weighted by atomic mass is 35.5. The molecule has 1 aliphatic rings. The topological polar surface area (TPSA) is 61.3 Å². The molecular weight excluding hydrogens is 374 g/mol. The van der Waals surface area contributed by atoms with Crippen LogP contribution >= 0.6 is 23.8 Å². The molecule has 134 valence electrons. The molecule has 0 bridgehead atoms. The predicted molar refractivity (Wildman–Crippen MR) is 99.0 cm³/mol. The smallest absolute Gasteiger partial charge is 0.215 e. The predicted octanol–water partition coefficient (Wildman–Crippen LogP) is 4.29. The SMILES string of the molecule is S=c1nc[nH]n1CC1(c2ccc(Oc3ccccc3Cl)cc2)OCCO1. The van der Waals surface area contributed by atoms with E-state index in [1.165, 1.54) is 0 Å². The first-order valence-electron chi connectivity index (χ1n) is 8.07. The zero-order chi connectivity index (χ0) is 18.0. The number of rotatable bonds is 5. The number of para-hydroxylation sites is 1. The zero-order valence-electron chi connectivity index (χ0n) is 13.7. The van der Waals surface area contributed by atoms with Crippen molar-refractivity contribution >= 4 is 23.8 Å². The molecule has 2 heterocycles. The Balaban J connectivity index is 1.59. The van der Waals surface area contributed by atoms with Gasteiger partial charge in [0.25, 0.3) is 0 Å². The van der Waals surface area contributed by atoms with E-state index in [1.807, 2.05) is 42.5 Å². The van der Waals surface area contributed by atoms with Crippen molar-refractivity contribution < 1.29 is 14.2 Å². The van der Waals surface area contributed by atoms with Crippen molar-refractivity contribution in [3.63, 3.8) is 0 Å². The number of benzene rings is 2. The van der Waals surface area contributed by atoms with Crippen LogP contribution in [0.2, 0.25) is 5.02 Å². The van der Waals surface area contributed by atoms with Crippen LogP contribution in [0.4, 0.5) is 0 Å². The van der Waals surface area contributed by atoms with Crippen molar-refractivity contribution in [3.05, 3.63) is 70.2 Å². The summed E-state index contributed by atoms with van der Waals surface area (Å²) in [4.78, 5) is 4.03. The van der Waals surface area contributed by atoms with E-state index >= 15 is 0 Å². The number of aromatic nitrogens is 3. The number of halogens is 1. The van der Waals surface area contributed by atoms with Crippen LogP contribution < -0.4 is 4.74 Å². The molecule has 0 saturated carbocycles. The van der Waals surface area contributed by atoms with Gasteiger partial charge in [0.15, 0.2) is 0 Å². The lowest BCUT2D eigenvalue weighted by Crippen LogP contribution is -2.33. The Bertz CT molecular complexity index is 949. The van der Waals surface area contributed by atoms with E-state index in [2.05, 4.69) is 10.1 Å². The van der Waals surface area contributed by atoms with Crippen LogP contribution in [0.25, 0.3) is 0 Å². The van der Waals surface area contributed by atoms with Crippen molar-refractivity contribution in [2.45, 2.75) is 12.3 Å². The molecule has 0 atom stereocenters. The molecule has 26 heavy (non-hydrogen) atoms. The van der Waals surface area contributed by atoms with Crippen LogP contribution in [0.15, 0.2) is 54.9 Å². The van der Waals surface area contributed by atoms with Gasteiger partial charge in [-0.3, -0.25) is 9.78 Å². The summed E-state index contributed by atoms with van der Waals surface area (Å²) in [5.74, 6) is 0.370. The number of nitrogens with zero attached hydrogens (tertiary/aromatic N) is 2. The Morgan fingerprint density at radius 1 is 1.15 bits per heavy atom. The lowest BCUT2D eigenvalue weighted by molar-refractivity contribution is -0.178. The largest absolute Gasteiger partial charge is 0.456 e. The van der Waals surface area contributed by atoms with Gasteiger partial charge in [0.05, 0.1) is 18.2 Å². The third-order valence-electron chi connectivity index (χ3n) is 4.10. The van der Waals surface area contributed by atoms with Gasteiger partial charge in [-0.1, -0.05) is 23.7 Å². The van der Waals surface area contributed by atoms with Crippen molar-refractivity contribution in [3.8, 4) is 11.5 Å². The number of H-pyrrole nitrogens is 1. The lowest BCUT2D eigenvalue weighted by Gasteiger charge is -2.28. The van der Waals surface area contributed by atoms with Crippen LogP contribution in [0.3, 0.4) is 0 Å². The second-order valence-corrected chi connectivity index (χ2v) is 6.54. The molecule has 1 aliphatic heterocycles. The number of nitrogens with one attached hydrogen (secondary N) is 1. The molecule has 0 spiro atoms. The van der Waals surface area contributed by atoms with Gasteiger partial charge in [0.1, 0.15) is 24.4 Å². The summed E-state index contributed by atoms with van der Waals surface area (Å²) in [6, 6.07) is 14.9. The van der Waals surface area contributed by atoms with Crippen molar-refractivity contribution in [2.75, 3.05) is 13.2 Å². The molecule has 8 heteroatoms. The maximum absolute atomic E-state index is 6.14. The van der Waals surface area contributed by atoms with Gasteiger partial charge in [-0.05, 0) is 48.6 Å². The Kier molecular flexibility index (Phi) is 4.78. The maximum atomic E-state index is 6.14. The lowest BCUT2D eigenvalue weighted by atomic mass is 10.1. The highest BCUT2D eigenvalue weighted by molar-refractivity contribution is 7.71. The zero-order valence-corrected chi connectivity index (χ0v) is 15.3. The number of hydrogen-bond acceptors (Lipinski definition) is 5. The quantitative estimate of drug-likeness (QED) is 0.660. The second-order valence-electron chi connectivity index (χ2n) is 5.76. The fraction of sp³-hybridized carbons (Fsp3) is 0.222. The van der Waals surface area contributed by atoms with Crippen molar-refractivity contribution in [1.82, 2.24) is 14.8 Å². The van der Waals surface area contributed by atoms with Crippen LogP contribution in [-0.4, -0.2) is 28.0 Å². The molecule has 0 aliphatic carbocycles. The van der Waals surface area contributed by atoms with E-state index in [4.69, 9.17) is 38.0 Å². The van der Waals surface area contributed by atoms with Crippen LogP contribution in [0.5, 0.6) is 11.5 Å². The fourth-order valence-electron chi connectivity index (χ4n) is 2.84. The first-order valence-corrected chi connectivity index (χ1v) is 8.86. The van der Waals surface area contributed by atoms with E-state index in [0.717, 1.165) is 5.56 Å². The summed E-state index contributed by atoms with van der Waals surface area (Å²) in [7, 11) is 0. The van der Waals surface area contributed by atoms with Gasteiger partial charge in [-0.15, -0.1) is 0 Å². The summed E-state index contributed by atoms with van der Waals surface area (Å²) < 4.78 is 19.9. The minimum atomic E-state index is -0.909. The molecule has 1 fully saturated rings. The molecule has 1 saturated heterocycles. The standard InChI is InChI=1S/C18H16ClN3O3S/c19-15-3-1-2-4-16(15)25-14-7-5-13(6-8-14)18(23-9-10-24-18)11-22-17(26)20-12-21-22/h1-8,12H,9-11H2,(H,20,21,26). The van der Waals surface area contributed by atoms with Crippen LogP contribution in [0, 0.1) is 4.77 Å². The molecule has 0 unspecified atom stereocenters. The Morgan fingerprint density at radius 3 is 2.54 bits per heavy atom. The monoisotopic (exact) mass is 389 g/mol. The van der Waals surface area contributed by atoms with Gasteiger partial charge in [-0.25, -0.2) is 4.98 Å². The minimum absolute atomic E-state index is 0.385. The van der Waals surface area contributed by atoms with Crippen LogP contribution in [-0.2, 0) is 21.8 Å². The third kappa shape index (κ3) is 3.39. The molecule has 0 radical (unpaired) electrons. The Hall–Kier alpha value is -2.19. The average molecular weight is 390 g/mol. The highest BCUT2D eigenvalue weighted by Gasteiger charge is 2.39. The van der Waals surface area contributed by atoms with Crippen molar-refractivity contribution in [1.29, 1.82) is 0 Å². The summed E-state index contributed by atoms with van der Waals surface area (Å²) in [5, 5.41) is 3.54. The van der Waals surface area contributed by atoms with E-state index < -0.39 is 5.79 Å². The molecule has 4 rings (SSSR count). The Morgan fingerprint density at radius 2 is 1.88 bits per heavy atom.